The van der Waals surface area contributed by atoms with Crippen molar-refractivity contribution in [3.63, 3.8) is 0 Å². The molecule has 0 bridgehead atoms. The van der Waals surface area contributed by atoms with E-state index in [4.69, 9.17) is 5.11 Å². The fraction of sp³-hybridized carbons (Fsp3) is 0.750. The summed E-state index contributed by atoms with van der Waals surface area (Å²) in [5.41, 5.74) is 0. The van der Waals surface area contributed by atoms with Crippen LogP contribution in [0.1, 0.15) is 0 Å². The lowest BCUT2D eigenvalue weighted by molar-refractivity contribution is -0.228. The minimum absolute atomic E-state index is 2.64. The number of rotatable bonds is 1. The highest BCUT2D eigenvalue weighted by atomic mass is 19.4. The van der Waals surface area contributed by atoms with Crippen LogP contribution in [0.15, 0.2) is 0 Å². The Morgan fingerprint density at radius 1 is 1.33 bits per heavy atom. The van der Waals surface area contributed by atoms with Crippen LogP contribution in [0.2, 0.25) is 0 Å². The highest BCUT2D eigenvalue weighted by molar-refractivity contribution is 5.80. The quantitative estimate of drug-likeness (QED) is 0.497. The number of carboxylic acids is 1. The molecular weight excluding hydrogens is 191 g/mol. The molecule has 70 valence electrons. The summed E-state index contributed by atoms with van der Waals surface area (Å²) in [6, 6.07) is 0. The highest BCUT2D eigenvalue weighted by Crippen LogP contribution is 2.59. The van der Waals surface area contributed by atoms with Gasteiger partial charge in [0.25, 0.3) is 0 Å². The van der Waals surface area contributed by atoms with Gasteiger partial charge in [0, 0.05) is 0 Å². The van der Waals surface area contributed by atoms with Crippen LogP contribution in [0.4, 0.5) is 22.0 Å². The van der Waals surface area contributed by atoms with Crippen LogP contribution in [-0.4, -0.2) is 29.0 Å². The molecule has 0 aromatic heterocycles. The number of epoxide rings is 1. The molecule has 1 N–H and O–H groups in total. The fourth-order valence-corrected chi connectivity index (χ4v) is 0.590. The number of aliphatic carboxylic acids is 1. The van der Waals surface area contributed by atoms with Gasteiger partial charge in [-0.15, -0.1) is 0 Å². The molecule has 1 aliphatic rings. The number of carbonyl (C=O) groups is 1. The van der Waals surface area contributed by atoms with Gasteiger partial charge in [-0.05, 0) is 0 Å². The van der Waals surface area contributed by atoms with Gasteiger partial charge in [-0.1, -0.05) is 0 Å². The SMILES string of the molecule is O=C(O)C1(F)OC1(F)C(F)(F)F. The molecule has 0 aromatic carbocycles. The summed E-state index contributed by atoms with van der Waals surface area (Å²) in [6.45, 7) is 0. The number of halogens is 5. The van der Waals surface area contributed by atoms with E-state index in [0.29, 0.717) is 0 Å². The third kappa shape index (κ3) is 0.808. The largest absolute Gasteiger partial charge is 0.477 e. The van der Waals surface area contributed by atoms with Crippen LogP contribution in [0, 0.1) is 0 Å². The van der Waals surface area contributed by atoms with Crippen LogP contribution in [0.5, 0.6) is 0 Å². The van der Waals surface area contributed by atoms with E-state index in [-0.39, 0.29) is 0 Å². The lowest BCUT2D eigenvalue weighted by atomic mass is 10.2. The van der Waals surface area contributed by atoms with E-state index in [1.807, 2.05) is 0 Å². The number of carboxylic acid groups (broad SMARTS) is 1. The zero-order valence-electron chi connectivity index (χ0n) is 5.15. The standard InChI is InChI=1S/C4HF5O3/c5-2(1(10)11)3(6,12-2)4(7,8)9/h(H,10,11). The van der Waals surface area contributed by atoms with E-state index in [9.17, 15) is 26.7 Å². The number of hydrogen-bond acceptors (Lipinski definition) is 2. The van der Waals surface area contributed by atoms with E-state index < -0.39 is 23.9 Å². The second kappa shape index (κ2) is 1.87. The molecule has 0 aromatic rings. The first kappa shape index (κ1) is 9.17. The minimum Gasteiger partial charge on any atom is -0.477 e. The van der Waals surface area contributed by atoms with Crippen molar-refractivity contribution in [2.24, 2.45) is 0 Å². The molecule has 0 saturated carbocycles. The van der Waals surface area contributed by atoms with Crippen LogP contribution >= 0.6 is 0 Å². The molecule has 0 amide bonds. The second-order valence-electron chi connectivity index (χ2n) is 2.10. The van der Waals surface area contributed by atoms with Crippen LogP contribution in [-0.2, 0) is 9.53 Å². The molecule has 1 fully saturated rings. The summed E-state index contributed by atoms with van der Waals surface area (Å²) in [5.74, 6) is -11.6. The smallest absolute Gasteiger partial charge is 0.455 e. The molecule has 0 radical (unpaired) electrons. The first-order valence-electron chi connectivity index (χ1n) is 2.53. The van der Waals surface area contributed by atoms with Crippen molar-refractivity contribution in [2.75, 3.05) is 0 Å². The molecule has 2 atom stereocenters. The predicted octanol–water partition coefficient (Wildman–Crippen LogP) is 0.995. The summed E-state index contributed by atoms with van der Waals surface area (Å²) >= 11 is 0. The van der Waals surface area contributed by atoms with Crippen molar-refractivity contribution >= 4 is 5.97 Å². The van der Waals surface area contributed by atoms with Crippen molar-refractivity contribution in [1.82, 2.24) is 0 Å². The van der Waals surface area contributed by atoms with Crippen molar-refractivity contribution in [3.8, 4) is 0 Å². The third-order valence-corrected chi connectivity index (χ3v) is 1.29. The molecule has 0 spiro atoms. The van der Waals surface area contributed by atoms with Gasteiger partial charge in [-0.25, -0.2) is 4.79 Å². The summed E-state index contributed by atoms with van der Waals surface area (Å²) in [5, 5.41) is 7.77. The Morgan fingerprint density at radius 3 is 1.83 bits per heavy atom. The molecule has 1 rings (SSSR count). The summed E-state index contributed by atoms with van der Waals surface area (Å²) in [6.07, 6.45) is -5.68. The first-order valence-corrected chi connectivity index (χ1v) is 2.53. The predicted molar refractivity (Wildman–Crippen MR) is 22.5 cm³/mol. The lowest BCUT2D eigenvalue weighted by Crippen LogP contribution is -2.38. The monoisotopic (exact) mass is 192 g/mol. The Hall–Kier alpha value is -0.920. The van der Waals surface area contributed by atoms with E-state index in [2.05, 4.69) is 4.74 Å². The van der Waals surface area contributed by atoms with Gasteiger partial charge >= 0.3 is 23.9 Å². The van der Waals surface area contributed by atoms with E-state index >= 15 is 0 Å². The summed E-state index contributed by atoms with van der Waals surface area (Å²) < 4.78 is 61.7. The number of alkyl halides is 5. The Balaban J connectivity index is 2.91. The van der Waals surface area contributed by atoms with Gasteiger partial charge in [0.05, 0.1) is 0 Å². The van der Waals surface area contributed by atoms with Gasteiger partial charge < -0.3 is 5.11 Å². The minimum atomic E-state index is -5.68. The van der Waals surface area contributed by atoms with Crippen molar-refractivity contribution < 1.29 is 36.6 Å². The van der Waals surface area contributed by atoms with Crippen molar-refractivity contribution in [2.45, 2.75) is 17.9 Å². The van der Waals surface area contributed by atoms with Crippen LogP contribution in [0.3, 0.4) is 0 Å². The van der Waals surface area contributed by atoms with Crippen molar-refractivity contribution in [1.29, 1.82) is 0 Å². The maximum Gasteiger partial charge on any atom is 0.455 e. The molecule has 2 unspecified atom stereocenters. The summed E-state index contributed by atoms with van der Waals surface area (Å²) in [4.78, 5) is 9.71. The lowest BCUT2D eigenvalue weighted by Gasteiger charge is -2.06. The van der Waals surface area contributed by atoms with Crippen molar-refractivity contribution in [3.05, 3.63) is 0 Å². The second-order valence-corrected chi connectivity index (χ2v) is 2.10. The first-order chi connectivity index (χ1) is 5.15. The number of hydrogen-bond donors (Lipinski definition) is 1. The molecule has 1 heterocycles. The Morgan fingerprint density at radius 2 is 1.75 bits per heavy atom. The topological polar surface area (TPSA) is 49.8 Å². The molecule has 12 heavy (non-hydrogen) atoms. The maximum atomic E-state index is 12.3. The van der Waals surface area contributed by atoms with E-state index in [1.54, 1.807) is 0 Å². The Kier molecular flexibility index (Phi) is 1.43. The van der Waals surface area contributed by atoms with Gasteiger partial charge in [0.15, 0.2) is 0 Å². The number of ether oxygens (including phenoxy) is 1. The Labute approximate surface area is 61.7 Å². The van der Waals surface area contributed by atoms with E-state index in [1.165, 1.54) is 0 Å². The third-order valence-electron chi connectivity index (χ3n) is 1.29. The Bertz CT molecular complexity index is 237. The normalized spacial score (nSPS) is 41.1. The van der Waals surface area contributed by atoms with Crippen LogP contribution < -0.4 is 0 Å². The van der Waals surface area contributed by atoms with E-state index in [0.717, 1.165) is 0 Å². The maximum absolute atomic E-state index is 12.3. The average molecular weight is 192 g/mol. The van der Waals surface area contributed by atoms with Gasteiger partial charge in [-0.2, -0.15) is 22.0 Å². The zero-order chi connectivity index (χ0) is 9.78. The fourth-order valence-electron chi connectivity index (χ4n) is 0.590. The highest BCUT2D eigenvalue weighted by Gasteiger charge is 2.91. The molecule has 3 nitrogen and oxygen atoms in total. The van der Waals surface area contributed by atoms with Gasteiger partial charge in [0.1, 0.15) is 0 Å². The zero-order valence-corrected chi connectivity index (χ0v) is 5.15. The molecule has 1 saturated heterocycles. The van der Waals surface area contributed by atoms with Gasteiger partial charge in [0.2, 0.25) is 0 Å². The molecule has 8 heteroatoms. The van der Waals surface area contributed by atoms with Gasteiger partial charge in [-0.3, -0.25) is 4.74 Å². The summed E-state index contributed by atoms with van der Waals surface area (Å²) in [7, 11) is 0. The molecule has 0 aliphatic carbocycles. The van der Waals surface area contributed by atoms with Crippen LogP contribution in [0.25, 0.3) is 0 Å². The average Bonchev–Trinajstić information content (AvgIpc) is 2.37. The molecule has 1 aliphatic heterocycles. The molecular formula is C4HF5O3.